The minimum Gasteiger partial charge on any atom is -0.349 e. The Balaban J connectivity index is 0.00000133. The Kier molecular flexibility index (Phi) is 3.88. The van der Waals surface area contributed by atoms with Gasteiger partial charge in [0.2, 0.25) is 5.91 Å². The van der Waals surface area contributed by atoms with Gasteiger partial charge in [-0.2, -0.15) is 0 Å². The lowest BCUT2D eigenvalue weighted by Gasteiger charge is -2.28. The number of hydrogen-bond donors (Lipinski definition) is 2. The Morgan fingerprint density at radius 1 is 1.32 bits per heavy atom. The number of benzene rings is 1. The molecule has 3 nitrogen and oxygen atoms in total. The summed E-state index contributed by atoms with van der Waals surface area (Å²) in [5.41, 5.74) is 2.83. The average Bonchev–Trinajstić information content (AvgIpc) is 2.49. The Morgan fingerprint density at radius 2 is 2.00 bits per heavy atom. The van der Waals surface area contributed by atoms with E-state index in [0.29, 0.717) is 0 Å². The summed E-state index contributed by atoms with van der Waals surface area (Å²) in [4.78, 5) is 12.1. The molecule has 1 saturated heterocycles. The van der Waals surface area contributed by atoms with E-state index in [2.05, 4.69) is 48.7 Å². The molecule has 2 N–H and O–H groups in total. The van der Waals surface area contributed by atoms with E-state index in [1.54, 1.807) is 0 Å². The van der Waals surface area contributed by atoms with Crippen molar-refractivity contribution in [1.29, 1.82) is 0 Å². The van der Waals surface area contributed by atoms with Gasteiger partial charge in [-0.1, -0.05) is 38.1 Å². The van der Waals surface area contributed by atoms with Gasteiger partial charge in [0.25, 0.3) is 0 Å². The fourth-order valence-electron chi connectivity index (χ4n) is 3.04. The molecule has 1 aliphatic heterocycles. The molecule has 0 saturated carbocycles. The van der Waals surface area contributed by atoms with Gasteiger partial charge in [-0.05, 0) is 23.0 Å². The Morgan fingerprint density at radius 3 is 2.63 bits per heavy atom. The Bertz CT molecular complexity index is 483. The van der Waals surface area contributed by atoms with E-state index in [4.69, 9.17) is 0 Å². The van der Waals surface area contributed by atoms with Crippen LogP contribution in [0.5, 0.6) is 0 Å². The van der Waals surface area contributed by atoms with E-state index in [-0.39, 0.29) is 35.7 Å². The molecule has 0 aromatic heterocycles. The number of hydrogen-bond acceptors (Lipinski definition) is 2. The van der Waals surface area contributed by atoms with Crippen LogP contribution >= 0.6 is 12.4 Å². The van der Waals surface area contributed by atoms with Crippen molar-refractivity contribution in [3.05, 3.63) is 35.4 Å². The number of carbonyl (C=O) groups excluding carboxylic acids is 1. The maximum Gasteiger partial charge on any atom is 0.226 e. The molecule has 4 heteroatoms. The fraction of sp³-hybridized carbons (Fsp3) is 0.533. The SMILES string of the molecule is CC1(C)CC(NC(=O)C2CNC2)c2ccccc21.Cl. The lowest BCUT2D eigenvalue weighted by Crippen LogP contribution is -2.51. The van der Waals surface area contributed by atoms with Crippen LogP contribution < -0.4 is 10.6 Å². The standard InChI is InChI=1S/C15H20N2O.ClH/c1-15(2)7-13(11-5-3-4-6-12(11)15)17-14(18)10-8-16-9-10;/h3-6,10,13,16H,7-9H2,1-2H3,(H,17,18);1H. The van der Waals surface area contributed by atoms with E-state index in [9.17, 15) is 4.79 Å². The third-order valence-corrected chi connectivity index (χ3v) is 4.25. The molecule has 0 bridgehead atoms. The van der Waals surface area contributed by atoms with Gasteiger partial charge in [0.15, 0.2) is 0 Å². The first kappa shape index (κ1) is 14.4. The van der Waals surface area contributed by atoms with Crippen LogP contribution in [0.25, 0.3) is 0 Å². The predicted octanol–water partition coefficient (Wildman–Crippen LogP) is 2.17. The van der Waals surface area contributed by atoms with Crippen molar-refractivity contribution in [3.63, 3.8) is 0 Å². The summed E-state index contributed by atoms with van der Waals surface area (Å²) in [6.07, 6.45) is 0.998. The maximum atomic E-state index is 12.1. The van der Waals surface area contributed by atoms with Crippen molar-refractivity contribution >= 4 is 18.3 Å². The largest absolute Gasteiger partial charge is 0.349 e. The molecule has 2 aliphatic rings. The van der Waals surface area contributed by atoms with E-state index in [0.717, 1.165) is 19.5 Å². The third kappa shape index (κ3) is 2.49. The van der Waals surface area contributed by atoms with E-state index in [1.165, 1.54) is 11.1 Å². The first-order chi connectivity index (χ1) is 8.58. The van der Waals surface area contributed by atoms with Crippen LogP contribution in [0.2, 0.25) is 0 Å². The number of fused-ring (bicyclic) bond motifs is 1. The number of carbonyl (C=O) groups is 1. The topological polar surface area (TPSA) is 41.1 Å². The van der Waals surface area contributed by atoms with Crippen molar-refractivity contribution in [3.8, 4) is 0 Å². The highest BCUT2D eigenvalue weighted by atomic mass is 35.5. The van der Waals surface area contributed by atoms with E-state index in [1.807, 2.05) is 0 Å². The second kappa shape index (κ2) is 5.14. The van der Waals surface area contributed by atoms with Crippen molar-refractivity contribution in [2.75, 3.05) is 13.1 Å². The predicted molar refractivity (Wildman–Crippen MR) is 78.6 cm³/mol. The first-order valence-electron chi connectivity index (χ1n) is 6.68. The van der Waals surface area contributed by atoms with Gasteiger partial charge in [-0.25, -0.2) is 0 Å². The van der Waals surface area contributed by atoms with Crippen molar-refractivity contribution in [2.24, 2.45) is 5.92 Å². The second-order valence-corrected chi connectivity index (χ2v) is 6.09. The zero-order valence-corrected chi connectivity index (χ0v) is 12.2. The maximum absolute atomic E-state index is 12.1. The first-order valence-corrected chi connectivity index (χ1v) is 6.68. The summed E-state index contributed by atoms with van der Waals surface area (Å²) in [6.45, 7) is 6.15. The van der Waals surface area contributed by atoms with E-state index >= 15 is 0 Å². The van der Waals surface area contributed by atoms with Gasteiger partial charge in [0.1, 0.15) is 0 Å². The zero-order valence-electron chi connectivity index (χ0n) is 11.4. The highest BCUT2D eigenvalue weighted by Crippen LogP contribution is 2.44. The minimum atomic E-state index is 0. The summed E-state index contributed by atoms with van der Waals surface area (Å²) in [7, 11) is 0. The average molecular weight is 281 g/mol. The lowest BCUT2D eigenvalue weighted by molar-refractivity contribution is -0.127. The zero-order chi connectivity index (χ0) is 12.8. The number of rotatable bonds is 2. The molecule has 1 aromatic rings. The Hall–Kier alpha value is -1.06. The van der Waals surface area contributed by atoms with Crippen LogP contribution in [0, 0.1) is 5.92 Å². The van der Waals surface area contributed by atoms with Crippen LogP contribution in [-0.2, 0) is 10.2 Å². The summed E-state index contributed by atoms with van der Waals surface area (Å²) in [5, 5.41) is 6.36. The van der Waals surface area contributed by atoms with Crippen LogP contribution in [-0.4, -0.2) is 19.0 Å². The number of halogens is 1. The summed E-state index contributed by atoms with van der Waals surface area (Å²) < 4.78 is 0. The van der Waals surface area contributed by atoms with Gasteiger partial charge in [-0.15, -0.1) is 12.4 Å². The molecular formula is C15H21ClN2O. The van der Waals surface area contributed by atoms with Gasteiger partial charge in [0, 0.05) is 13.1 Å². The van der Waals surface area contributed by atoms with Gasteiger partial charge in [0.05, 0.1) is 12.0 Å². The summed E-state index contributed by atoms with van der Waals surface area (Å²) >= 11 is 0. The monoisotopic (exact) mass is 280 g/mol. The van der Waals surface area contributed by atoms with Gasteiger partial charge in [-0.3, -0.25) is 4.79 Å². The molecule has 1 fully saturated rings. The minimum absolute atomic E-state index is 0. The van der Waals surface area contributed by atoms with Gasteiger partial charge >= 0.3 is 0 Å². The molecule has 104 valence electrons. The molecule has 19 heavy (non-hydrogen) atoms. The molecule has 1 unspecified atom stereocenters. The molecule has 0 spiro atoms. The molecule has 1 aromatic carbocycles. The molecule has 1 amide bonds. The quantitative estimate of drug-likeness (QED) is 0.872. The summed E-state index contributed by atoms with van der Waals surface area (Å²) in [6, 6.07) is 8.66. The second-order valence-electron chi connectivity index (χ2n) is 6.09. The highest BCUT2D eigenvalue weighted by molar-refractivity contribution is 5.85. The fourth-order valence-corrected chi connectivity index (χ4v) is 3.04. The van der Waals surface area contributed by atoms with Crippen LogP contribution in [0.1, 0.15) is 37.4 Å². The molecule has 0 radical (unpaired) electrons. The van der Waals surface area contributed by atoms with Crippen LogP contribution in [0.3, 0.4) is 0 Å². The third-order valence-electron chi connectivity index (χ3n) is 4.25. The lowest BCUT2D eigenvalue weighted by atomic mass is 9.86. The molecule has 3 rings (SSSR count). The molecule has 1 heterocycles. The number of nitrogens with one attached hydrogen (secondary N) is 2. The van der Waals surface area contributed by atoms with Crippen LogP contribution in [0.15, 0.2) is 24.3 Å². The summed E-state index contributed by atoms with van der Waals surface area (Å²) in [5.74, 6) is 0.368. The molecular weight excluding hydrogens is 260 g/mol. The van der Waals surface area contributed by atoms with Crippen molar-refractivity contribution in [1.82, 2.24) is 10.6 Å². The van der Waals surface area contributed by atoms with E-state index < -0.39 is 0 Å². The highest BCUT2D eigenvalue weighted by Gasteiger charge is 2.38. The molecule has 1 atom stereocenters. The van der Waals surface area contributed by atoms with Gasteiger partial charge < -0.3 is 10.6 Å². The van der Waals surface area contributed by atoms with Crippen molar-refractivity contribution < 1.29 is 4.79 Å². The smallest absolute Gasteiger partial charge is 0.226 e. The molecule has 1 aliphatic carbocycles. The normalized spacial score (nSPS) is 24.0. The number of amides is 1. The Labute approximate surface area is 120 Å². The van der Waals surface area contributed by atoms with Crippen LogP contribution in [0.4, 0.5) is 0 Å². The van der Waals surface area contributed by atoms with Crippen molar-refractivity contribution in [2.45, 2.75) is 31.7 Å².